The maximum atomic E-state index is 5.77. The molecular formula is C15H28N4. The van der Waals surface area contributed by atoms with E-state index in [1.807, 2.05) is 4.68 Å². The normalized spacial score (nSPS) is 25.1. The molecule has 4 nitrogen and oxygen atoms in total. The summed E-state index contributed by atoms with van der Waals surface area (Å²) in [6.07, 6.45) is 8.29. The van der Waals surface area contributed by atoms with E-state index in [2.05, 4.69) is 43.6 Å². The third-order valence-electron chi connectivity index (χ3n) is 4.56. The minimum atomic E-state index is 0.368. The van der Waals surface area contributed by atoms with Crippen LogP contribution in [0.1, 0.15) is 58.2 Å². The van der Waals surface area contributed by atoms with Gasteiger partial charge in [-0.15, -0.1) is 0 Å². The van der Waals surface area contributed by atoms with Crippen molar-refractivity contribution in [2.75, 3.05) is 0 Å². The van der Waals surface area contributed by atoms with Gasteiger partial charge in [-0.2, -0.15) is 5.10 Å². The lowest BCUT2D eigenvalue weighted by atomic mass is 9.93. The summed E-state index contributed by atoms with van der Waals surface area (Å²) in [5, 5.41) is 4.63. The lowest BCUT2D eigenvalue weighted by molar-refractivity contribution is 0.344. The number of rotatable bonds is 6. The van der Waals surface area contributed by atoms with E-state index in [4.69, 9.17) is 5.84 Å². The van der Waals surface area contributed by atoms with Gasteiger partial charge < -0.3 is 0 Å². The Morgan fingerprint density at radius 1 is 1.47 bits per heavy atom. The van der Waals surface area contributed by atoms with Gasteiger partial charge in [0.15, 0.2) is 0 Å². The number of nitrogens with two attached hydrogens (primary N) is 1. The Kier molecular flexibility index (Phi) is 4.99. The Morgan fingerprint density at radius 2 is 2.26 bits per heavy atom. The molecule has 19 heavy (non-hydrogen) atoms. The molecule has 108 valence electrons. The second kappa shape index (κ2) is 6.53. The van der Waals surface area contributed by atoms with Gasteiger partial charge in [0.25, 0.3) is 0 Å². The number of hydrogen-bond acceptors (Lipinski definition) is 3. The molecule has 4 heteroatoms. The molecule has 2 rings (SSSR count). The largest absolute Gasteiger partial charge is 0.271 e. The molecule has 1 heterocycles. The summed E-state index contributed by atoms with van der Waals surface area (Å²) in [4.78, 5) is 0. The molecule has 0 radical (unpaired) electrons. The van der Waals surface area contributed by atoms with E-state index in [9.17, 15) is 0 Å². The van der Waals surface area contributed by atoms with Gasteiger partial charge >= 0.3 is 0 Å². The molecule has 3 N–H and O–H groups in total. The second-order valence-electron chi connectivity index (χ2n) is 6.21. The van der Waals surface area contributed by atoms with Crippen molar-refractivity contribution in [3.05, 3.63) is 18.0 Å². The van der Waals surface area contributed by atoms with Gasteiger partial charge in [0.1, 0.15) is 0 Å². The molecule has 0 aromatic carbocycles. The summed E-state index contributed by atoms with van der Waals surface area (Å²) >= 11 is 0. The summed E-state index contributed by atoms with van der Waals surface area (Å²) in [6.45, 7) is 6.60. The minimum Gasteiger partial charge on any atom is -0.271 e. The van der Waals surface area contributed by atoms with Crippen LogP contribution in [0.3, 0.4) is 0 Å². The minimum absolute atomic E-state index is 0.368. The lowest BCUT2D eigenvalue weighted by Crippen LogP contribution is -2.41. The van der Waals surface area contributed by atoms with Gasteiger partial charge in [0, 0.05) is 24.7 Å². The summed E-state index contributed by atoms with van der Waals surface area (Å²) in [5.74, 6) is 7.37. The van der Waals surface area contributed by atoms with E-state index in [0.717, 1.165) is 18.0 Å². The quantitative estimate of drug-likeness (QED) is 0.613. The molecule has 1 aliphatic rings. The molecule has 3 atom stereocenters. The van der Waals surface area contributed by atoms with Crippen LogP contribution in [0.15, 0.2) is 12.3 Å². The van der Waals surface area contributed by atoms with E-state index in [-0.39, 0.29) is 0 Å². The van der Waals surface area contributed by atoms with Gasteiger partial charge in [-0.1, -0.05) is 19.8 Å². The van der Waals surface area contributed by atoms with Crippen LogP contribution in [0.5, 0.6) is 0 Å². The summed E-state index contributed by atoms with van der Waals surface area (Å²) in [6, 6.07) is 2.91. The topological polar surface area (TPSA) is 55.9 Å². The van der Waals surface area contributed by atoms with Gasteiger partial charge in [0.2, 0.25) is 0 Å². The fourth-order valence-electron chi connectivity index (χ4n) is 3.21. The molecular weight excluding hydrogens is 236 g/mol. The first-order chi connectivity index (χ1) is 9.13. The van der Waals surface area contributed by atoms with Crippen molar-refractivity contribution < 1.29 is 0 Å². The molecule has 3 unspecified atom stereocenters. The fourth-order valence-corrected chi connectivity index (χ4v) is 3.21. The Hall–Kier alpha value is -0.870. The number of nitrogens with zero attached hydrogens (tertiary/aromatic N) is 2. The Balaban J connectivity index is 1.95. The van der Waals surface area contributed by atoms with E-state index < -0.39 is 0 Å². The molecule has 0 bridgehead atoms. The van der Waals surface area contributed by atoms with Gasteiger partial charge in [-0.3, -0.25) is 16.0 Å². The predicted molar refractivity (Wildman–Crippen MR) is 78.5 cm³/mol. The molecule has 1 aliphatic carbocycles. The third-order valence-corrected chi connectivity index (χ3v) is 4.56. The smallest absolute Gasteiger partial charge is 0.0640 e. The van der Waals surface area contributed by atoms with Gasteiger partial charge in [-0.25, -0.2) is 0 Å². The van der Waals surface area contributed by atoms with Gasteiger partial charge in [-0.05, 0) is 44.6 Å². The predicted octanol–water partition coefficient (Wildman–Crippen LogP) is 2.66. The highest BCUT2D eigenvalue weighted by atomic mass is 15.3. The summed E-state index contributed by atoms with van der Waals surface area (Å²) in [5.41, 5.74) is 4.18. The lowest BCUT2D eigenvalue weighted by Gasteiger charge is -2.22. The average molecular weight is 264 g/mol. The molecule has 1 aromatic rings. The number of aromatic nitrogens is 2. The van der Waals surface area contributed by atoms with Crippen LogP contribution in [0.2, 0.25) is 0 Å². The molecule has 0 spiro atoms. The van der Waals surface area contributed by atoms with Crippen molar-refractivity contribution in [3.8, 4) is 0 Å². The van der Waals surface area contributed by atoms with E-state index in [0.29, 0.717) is 18.0 Å². The van der Waals surface area contributed by atoms with E-state index in [1.165, 1.54) is 25.7 Å². The summed E-state index contributed by atoms with van der Waals surface area (Å²) in [7, 11) is 0. The number of hydrazine groups is 1. The molecule has 0 saturated heterocycles. The van der Waals surface area contributed by atoms with Crippen molar-refractivity contribution in [1.82, 2.24) is 15.2 Å². The van der Waals surface area contributed by atoms with Crippen molar-refractivity contribution in [2.24, 2.45) is 17.7 Å². The van der Waals surface area contributed by atoms with E-state index in [1.54, 1.807) is 0 Å². The van der Waals surface area contributed by atoms with Crippen molar-refractivity contribution >= 4 is 0 Å². The van der Waals surface area contributed by atoms with Gasteiger partial charge in [0.05, 0.1) is 5.69 Å². The van der Waals surface area contributed by atoms with Crippen LogP contribution in [0, 0.1) is 11.8 Å². The molecule has 0 aliphatic heterocycles. The van der Waals surface area contributed by atoms with Crippen LogP contribution < -0.4 is 11.3 Å². The number of nitrogens with one attached hydrogen (secondary N) is 1. The molecule has 1 fully saturated rings. The fraction of sp³-hybridized carbons (Fsp3) is 0.800. The van der Waals surface area contributed by atoms with Crippen LogP contribution in [0.25, 0.3) is 0 Å². The van der Waals surface area contributed by atoms with E-state index >= 15 is 0 Å². The first-order valence-electron chi connectivity index (χ1n) is 7.64. The molecule has 1 saturated carbocycles. The maximum Gasteiger partial charge on any atom is 0.0640 e. The van der Waals surface area contributed by atoms with Crippen LogP contribution >= 0.6 is 0 Å². The highest BCUT2D eigenvalue weighted by Crippen LogP contribution is 2.35. The van der Waals surface area contributed by atoms with Crippen molar-refractivity contribution in [2.45, 2.75) is 65.0 Å². The van der Waals surface area contributed by atoms with Crippen LogP contribution in [-0.2, 0) is 6.42 Å². The zero-order valence-corrected chi connectivity index (χ0v) is 12.5. The Labute approximate surface area is 116 Å². The first-order valence-corrected chi connectivity index (χ1v) is 7.64. The molecule has 1 aromatic heterocycles. The average Bonchev–Trinajstić information content (AvgIpc) is 3.04. The zero-order chi connectivity index (χ0) is 13.8. The SMILES string of the molecule is CCC1CCC(C(Cc2ccn(C(C)C)n2)NN)C1. The Bertz CT molecular complexity index is 385. The first kappa shape index (κ1) is 14.5. The number of hydrogen-bond donors (Lipinski definition) is 2. The highest BCUT2D eigenvalue weighted by Gasteiger charge is 2.29. The maximum absolute atomic E-state index is 5.77. The molecule has 0 amide bonds. The third kappa shape index (κ3) is 3.57. The van der Waals surface area contributed by atoms with Crippen LogP contribution in [0.4, 0.5) is 0 Å². The standard InChI is InChI=1S/C15H28N4/c1-4-12-5-6-13(9-12)15(17-16)10-14-7-8-19(18-14)11(2)3/h7-8,11-13,15,17H,4-6,9-10,16H2,1-3H3. The monoisotopic (exact) mass is 264 g/mol. The zero-order valence-electron chi connectivity index (χ0n) is 12.5. The van der Waals surface area contributed by atoms with Crippen molar-refractivity contribution in [3.63, 3.8) is 0 Å². The Morgan fingerprint density at radius 3 is 2.79 bits per heavy atom. The highest BCUT2D eigenvalue weighted by molar-refractivity contribution is 5.03. The van der Waals surface area contributed by atoms with Crippen molar-refractivity contribution in [1.29, 1.82) is 0 Å². The van der Waals surface area contributed by atoms with Crippen LogP contribution in [-0.4, -0.2) is 15.8 Å². The second-order valence-corrected chi connectivity index (χ2v) is 6.21. The summed E-state index contributed by atoms with van der Waals surface area (Å²) < 4.78 is 2.02.